The van der Waals surface area contributed by atoms with Gasteiger partial charge in [0, 0.05) is 37.6 Å². The summed E-state index contributed by atoms with van der Waals surface area (Å²) in [5.74, 6) is -0.420. The topological polar surface area (TPSA) is 86.9 Å². The Morgan fingerprint density at radius 3 is 2.76 bits per heavy atom. The average Bonchev–Trinajstić information content (AvgIpc) is 3.06. The van der Waals surface area contributed by atoms with Crippen molar-refractivity contribution >= 4 is 34.0 Å². The van der Waals surface area contributed by atoms with Gasteiger partial charge in [0.2, 0.25) is 5.91 Å². The van der Waals surface area contributed by atoms with Gasteiger partial charge >= 0.3 is 5.97 Å². The Kier molecular flexibility index (Phi) is 3.54. The molecule has 0 spiro atoms. The molecule has 8 heteroatoms. The van der Waals surface area contributed by atoms with Crippen LogP contribution >= 0.6 is 11.3 Å². The Bertz CT molecular complexity index is 685. The smallest absolute Gasteiger partial charge is 0.356 e. The van der Waals surface area contributed by atoms with E-state index in [1.807, 2.05) is 10.3 Å². The van der Waals surface area contributed by atoms with E-state index in [4.69, 9.17) is 0 Å². The monoisotopic (exact) mass is 308 g/mol. The number of fused-ring (bicyclic) bond motifs is 1. The van der Waals surface area contributed by atoms with E-state index in [0.717, 1.165) is 0 Å². The minimum atomic E-state index is -0.982. The molecule has 0 bridgehead atoms. The number of hydrogen-bond donors (Lipinski definition) is 2. The fourth-order valence-electron chi connectivity index (χ4n) is 2.75. The number of anilines is 1. The number of rotatable bonds is 3. The first-order chi connectivity index (χ1) is 10.1. The van der Waals surface area contributed by atoms with E-state index in [9.17, 15) is 14.7 Å². The van der Waals surface area contributed by atoms with Crippen molar-refractivity contribution in [2.24, 2.45) is 5.92 Å². The molecule has 1 amide bonds. The molecule has 0 aromatic carbocycles. The van der Waals surface area contributed by atoms with Crippen molar-refractivity contribution in [2.75, 3.05) is 25.0 Å². The highest BCUT2D eigenvalue weighted by atomic mass is 32.1. The van der Waals surface area contributed by atoms with Crippen LogP contribution in [0.5, 0.6) is 0 Å². The van der Waals surface area contributed by atoms with Crippen LogP contribution in [-0.2, 0) is 4.79 Å². The molecule has 0 saturated carbocycles. The number of carboxylic acids is 1. The third-order valence-electron chi connectivity index (χ3n) is 3.86. The van der Waals surface area contributed by atoms with Gasteiger partial charge in [-0.25, -0.2) is 9.78 Å². The molecule has 0 radical (unpaired) electrons. The second-order valence-corrected chi connectivity index (χ2v) is 5.89. The Morgan fingerprint density at radius 2 is 2.14 bits per heavy atom. The summed E-state index contributed by atoms with van der Waals surface area (Å²) in [7, 11) is 1.64. The number of aromatic nitrogens is 2. The van der Waals surface area contributed by atoms with Crippen molar-refractivity contribution in [1.82, 2.24) is 14.7 Å². The van der Waals surface area contributed by atoms with Gasteiger partial charge in [0.05, 0.1) is 0 Å². The number of nitrogens with zero attached hydrogens (tertiary/aromatic N) is 3. The molecule has 2 aromatic heterocycles. The van der Waals surface area contributed by atoms with E-state index >= 15 is 0 Å². The summed E-state index contributed by atoms with van der Waals surface area (Å²) in [5, 5.41) is 13.9. The van der Waals surface area contributed by atoms with Crippen molar-refractivity contribution in [3.8, 4) is 0 Å². The minimum absolute atomic E-state index is 0.00302. The zero-order chi connectivity index (χ0) is 15.0. The lowest BCUT2D eigenvalue weighted by molar-refractivity contribution is -0.125. The summed E-state index contributed by atoms with van der Waals surface area (Å²) in [4.78, 5) is 30.2. The van der Waals surface area contributed by atoms with E-state index in [1.54, 1.807) is 17.6 Å². The molecule has 2 aromatic rings. The van der Waals surface area contributed by atoms with Gasteiger partial charge in [0.15, 0.2) is 16.5 Å². The predicted molar refractivity (Wildman–Crippen MR) is 79.0 cm³/mol. The summed E-state index contributed by atoms with van der Waals surface area (Å²) in [6.45, 7) is 1.28. The average molecular weight is 308 g/mol. The maximum Gasteiger partial charge on any atom is 0.356 e. The summed E-state index contributed by atoms with van der Waals surface area (Å²) in [6, 6.07) is 0. The minimum Gasteiger partial charge on any atom is -0.476 e. The fraction of sp³-hybridized carbons (Fsp3) is 0.462. The van der Waals surface area contributed by atoms with Crippen molar-refractivity contribution < 1.29 is 14.7 Å². The Morgan fingerprint density at radius 1 is 1.43 bits per heavy atom. The van der Waals surface area contributed by atoms with Crippen molar-refractivity contribution in [3.05, 3.63) is 17.3 Å². The van der Waals surface area contributed by atoms with Crippen LogP contribution in [0.3, 0.4) is 0 Å². The number of carbonyl (C=O) groups excluding carboxylic acids is 1. The van der Waals surface area contributed by atoms with Crippen LogP contribution in [0, 0.1) is 5.92 Å². The first kappa shape index (κ1) is 13.9. The first-order valence-electron chi connectivity index (χ1n) is 6.77. The van der Waals surface area contributed by atoms with Crippen molar-refractivity contribution in [3.63, 3.8) is 0 Å². The maximum atomic E-state index is 11.6. The van der Waals surface area contributed by atoms with Crippen LogP contribution < -0.4 is 10.2 Å². The van der Waals surface area contributed by atoms with Gasteiger partial charge in [-0.05, 0) is 12.8 Å². The highest BCUT2D eigenvalue weighted by Gasteiger charge is 2.29. The number of aromatic carboxylic acids is 1. The molecule has 1 saturated heterocycles. The number of amides is 1. The predicted octanol–water partition coefficient (Wildman–Crippen LogP) is 1.06. The van der Waals surface area contributed by atoms with Crippen LogP contribution in [-0.4, -0.2) is 46.5 Å². The molecule has 1 aliphatic heterocycles. The van der Waals surface area contributed by atoms with Gasteiger partial charge in [-0.15, -0.1) is 11.3 Å². The third-order valence-corrected chi connectivity index (χ3v) is 4.61. The molecule has 3 heterocycles. The van der Waals surface area contributed by atoms with Gasteiger partial charge in [0.25, 0.3) is 0 Å². The Hall–Kier alpha value is -2.09. The SMILES string of the molecule is CNC(=O)C1CCN(c2nc3sccn3c2C(=O)O)CC1. The molecule has 3 rings (SSSR count). The van der Waals surface area contributed by atoms with Crippen LogP contribution in [0.1, 0.15) is 23.3 Å². The standard InChI is InChI=1S/C13H16N4O3S/c1-14-11(18)8-2-4-16(5-3-8)10-9(12(19)20)17-6-7-21-13(17)15-10/h6-8H,2-5H2,1H3,(H,14,18)(H,19,20). The summed E-state index contributed by atoms with van der Waals surface area (Å²) in [5.41, 5.74) is 0.199. The summed E-state index contributed by atoms with van der Waals surface area (Å²) < 4.78 is 1.60. The molecule has 7 nitrogen and oxygen atoms in total. The lowest BCUT2D eigenvalue weighted by Crippen LogP contribution is -2.40. The van der Waals surface area contributed by atoms with E-state index in [1.165, 1.54) is 11.3 Å². The highest BCUT2D eigenvalue weighted by Crippen LogP contribution is 2.28. The Balaban J connectivity index is 1.85. The van der Waals surface area contributed by atoms with Gasteiger partial charge in [0.1, 0.15) is 0 Å². The summed E-state index contributed by atoms with van der Waals surface area (Å²) >= 11 is 1.41. The molecular formula is C13H16N4O3S. The van der Waals surface area contributed by atoms with Crippen LogP contribution in [0.25, 0.3) is 4.96 Å². The molecular weight excluding hydrogens is 292 g/mol. The number of carbonyl (C=O) groups is 2. The number of piperidine rings is 1. The first-order valence-corrected chi connectivity index (χ1v) is 7.65. The highest BCUT2D eigenvalue weighted by molar-refractivity contribution is 7.15. The molecule has 1 fully saturated rings. The van der Waals surface area contributed by atoms with E-state index in [0.29, 0.717) is 36.7 Å². The second-order valence-electron chi connectivity index (χ2n) is 5.02. The largest absolute Gasteiger partial charge is 0.476 e. The van der Waals surface area contributed by atoms with Gasteiger partial charge in [-0.1, -0.05) is 0 Å². The van der Waals surface area contributed by atoms with Crippen molar-refractivity contribution in [2.45, 2.75) is 12.8 Å². The third kappa shape index (κ3) is 2.35. The van der Waals surface area contributed by atoms with Crippen LogP contribution in [0.15, 0.2) is 11.6 Å². The van der Waals surface area contributed by atoms with E-state index in [-0.39, 0.29) is 17.5 Å². The van der Waals surface area contributed by atoms with E-state index < -0.39 is 5.97 Å². The molecule has 0 atom stereocenters. The van der Waals surface area contributed by atoms with E-state index in [2.05, 4.69) is 10.3 Å². The second kappa shape index (κ2) is 5.36. The molecule has 21 heavy (non-hydrogen) atoms. The Labute approximate surface area is 125 Å². The zero-order valence-corrected chi connectivity index (χ0v) is 12.4. The van der Waals surface area contributed by atoms with Gasteiger partial charge in [-0.2, -0.15) is 0 Å². The van der Waals surface area contributed by atoms with Gasteiger partial charge in [-0.3, -0.25) is 9.20 Å². The molecule has 1 aliphatic rings. The number of thiazole rings is 1. The molecule has 112 valence electrons. The van der Waals surface area contributed by atoms with Crippen LogP contribution in [0.2, 0.25) is 0 Å². The summed E-state index contributed by atoms with van der Waals surface area (Å²) in [6.07, 6.45) is 3.14. The molecule has 0 unspecified atom stereocenters. The fourth-order valence-corrected chi connectivity index (χ4v) is 3.46. The quantitative estimate of drug-likeness (QED) is 0.885. The lowest BCUT2D eigenvalue weighted by Gasteiger charge is -2.31. The lowest BCUT2D eigenvalue weighted by atomic mass is 9.96. The van der Waals surface area contributed by atoms with Crippen LogP contribution in [0.4, 0.5) is 5.82 Å². The number of imidazole rings is 1. The normalized spacial score (nSPS) is 16.3. The van der Waals surface area contributed by atoms with Crippen molar-refractivity contribution in [1.29, 1.82) is 0 Å². The molecule has 0 aliphatic carbocycles. The zero-order valence-electron chi connectivity index (χ0n) is 11.6. The number of hydrogen-bond acceptors (Lipinski definition) is 5. The number of carboxylic acid groups (broad SMARTS) is 1. The molecule has 2 N–H and O–H groups in total. The van der Waals surface area contributed by atoms with Gasteiger partial charge < -0.3 is 15.3 Å². The maximum absolute atomic E-state index is 11.6. The number of nitrogens with one attached hydrogen (secondary N) is 1.